The molecule has 0 saturated carbocycles. The highest BCUT2D eigenvalue weighted by Gasteiger charge is 2.24. The number of ether oxygens (including phenoxy) is 1. The van der Waals surface area contributed by atoms with E-state index in [0.717, 1.165) is 22.5 Å². The molecule has 0 spiro atoms. The second-order valence-electron chi connectivity index (χ2n) is 9.01. The lowest BCUT2D eigenvalue weighted by molar-refractivity contribution is -0.137. The largest absolute Gasteiger partial charge is 0.378 e. The fraction of sp³-hybridized carbons (Fsp3) is 0.321. The Balaban J connectivity index is 1.23. The number of hydrogen-bond acceptors (Lipinski definition) is 5. The summed E-state index contributed by atoms with van der Waals surface area (Å²) in [6.45, 7) is 5.53. The van der Waals surface area contributed by atoms with Crippen LogP contribution >= 0.6 is 0 Å². The van der Waals surface area contributed by atoms with Crippen molar-refractivity contribution in [2.24, 2.45) is 0 Å². The van der Waals surface area contributed by atoms with Crippen LogP contribution in [0.5, 0.6) is 0 Å². The van der Waals surface area contributed by atoms with Crippen LogP contribution in [0, 0.1) is 0 Å². The van der Waals surface area contributed by atoms with Gasteiger partial charge in [-0.15, -0.1) is 0 Å². The average Bonchev–Trinajstić information content (AvgIpc) is 3.38. The van der Waals surface area contributed by atoms with Gasteiger partial charge in [-0.05, 0) is 18.2 Å². The normalized spacial score (nSPS) is 17.0. The molecule has 1 aromatic heterocycles. The van der Waals surface area contributed by atoms with Gasteiger partial charge in [0.05, 0.1) is 31.1 Å². The Bertz CT molecular complexity index is 1190. The van der Waals surface area contributed by atoms with E-state index in [0.29, 0.717) is 59.0 Å². The summed E-state index contributed by atoms with van der Waals surface area (Å²) in [4.78, 5) is 31.3. The van der Waals surface area contributed by atoms with E-state index in [9.17, 15) is 9.59 Å². The molecule has 3 aromatic rings. The Morgan fingerprint density at radius 2 is 1.50 bits per heavy atom. The fourth-order valence-corrected chi connectivity index (χ4v) is 4.54. The van der Waals surface area contributed by atoms with Crippen LogP contribution in [0.4, 0.5) is 0 Å². The van der Waals surface area contributed by atoms with Crippen LogP contribution < -0.4 is 0 Å². The van der Waals surface area contributed by atoms with Gasteiger partial charge in [0.2, 0.25) is 11.8 Å². The molecule has 2 fully saturated rings. The van der Waals surface area contributed by atoms with E-state index in [4.69, 9.17) is 9.84 Å². The summed E-state index contributed by atoms with van der Waals surface area (Å²) in [5.74, 6) is 0.113. The van der Waals surface area contributed by atoms with E-state index in [1.807, 2.05) is 87.4 Å². The van der Waals surface area contributed by atoms with Crippen LogP contribution in [0.1, 0.15) is 5.56 Å². The van der Waals surface area contributed by atoms with Gasteiger partial charge < -0.3 is 14.5 Å². The molecule has 0 bridgehead atoms. The summed E-state index contributed by atoms with van der Waals surface area (Å²) >= 11 is 0. The van der Waals surface area contributed by atoms with Crippen molar-refractivity contribution < 1.29 is 14.3 Å². The highest BCUT2D eigenvalue weighted by Crippen LogP contribution is 2.25. The van der Waals surface area contributed by atoms with Gasteiger partial charge in [0.15, 0.2) is 0 Å². The van der Waals surface area contributed by atoms with E-state index in [2.05, 4.69) is 4.90 Å². The molecule has 3 heterocycles. The van der Waals surface area contributed by atoms with E-state index in [1.165, 1.54) is 0 Å². The summed E-state index contributed by atoms with van der Waals surface area (Å²) in [5.41, 5.74) is 3.67. The van der Waals surface area contributed by atoms with Crippen LogP contribution in [-0.4, -0.2) is 95.3 Å². The third kappa shape index (κ3) is 5.72. The van der Waals surface area contributed by atoms with E-state index < -0.39 is 0 Å². The van der Waals surface area contributed by atoms with Gasteiger partial charge in [-0.3, -0.25) is 14.5 Å². The molecule has 186 valence electrons. The molecule has 2 aromatic carbocycles. The molecule has 0 aliphatic carbocycles. The molecule has 0 atom stereocenters. The third-order valence-corrected chi connectivity index (χ3v) is 6.62. The van der Waals surface area contributed by atoms with Crippen LogP contribution in [0.2, 0.25) is 0 Å². The SMILES string of the molecule is O=C(/C=C/c1cn(-c2ccccc2)nc1-c1ccccc1)N1CCN(CC(=O)N2CCOCC2)CC1. The lowest BCUT2D eigenvalue weighted by atomic mass is 10.1. The monoisotopic (exact) mass is 485 g/mol. The Kier molecular flexibility index (Phi) is 7.54. The molecule has 2 amide bonds. The number of carbonyl (C=O) groups excluding carboxylic acids is 2. The minimum atomic E-state index is -0.0272. The minimum Gasteiger partial charge on any atom is -0.378 e. The topological polar surface area (TPSA) is 70.9 Å². The lowest BCUT2D eigenvalue weighted by Crippen LogP contribution is -2.52. The maximum atomic E-state index is 13.0. The number of para-hydroxylation sites is 1. The quantitative estimate of drug-likeness (QED) is 0.502. The smallest absolute Gasteiger partial charge is 0.246 e. The number of rotatable bonds is 6. The molecule has 8 heteroatoms. The van der Waals surface area contributed by atoms with Crippen molar-refractivity contribution in [2.75, 3.05) is 59.0 Å². The molecular formula is C28H31N5O3. The molecule has 8 nitrogen and oxygen atoms in total. The van der Waals surface area contributed by atoms with Gasteiger partial charge in [-0.25, -0.2) is 4.68 Å². The van der Waals surface area contributed by atoms with Crippen molar-refractivity contribution in [1.82, 2.24) is 24.5 Å². The van der Waals surface area contributed by atoms with Crippen LogP contribution in [0.25, 0.3) is 23.0 Å². The number of piperazine rings is 1. The first-order chi connectivity index (χ1) is 17.7. The predicted molar refractivity (Wildman–Crippen MR) is 138 cm³/mol. The van der Waals surface area contributed by atoms with Crippen molar-refractivity contribution in [1.29, 1.82) is 0 Å². The van der Waals surface area contributed by atoms with Crippen molar-refractivity contribution in [3.05, 3.63) is 78.5 Å². The van der Waals surface area contributed by atoms with Gasteiger partial charge in [-0.1, -0.05) is 48.5 Å². The molecule has 5 rings (SSSR count). The van der Waals surface area contributed by atoms with Crippen molar-refractivity contribution in [3.8, 4) is 16.9 Å². The van der Waals surface area contributed by atoms with Gasteiger partial charge in [-0.2, -0.15) is 5.10 Å². The summed E-state index contributed by atoms with van der Waals surface area (Å²) in [7, 11) is 0. The highest BCUT2D eigenvalue weighted by molar-refractivity contribution is 5.93. The Labute approximate surface area is 211 Å². The number of benzene rings is 2. The minimum absolute atomic E-state index is 0.0272. The maximum Gasteiger partial charge on any atom is 0.246 e. The lowest BCUT2D eigenvalue weighted by Gasteiger charge is -2.35. The zero-order chi connectivity index (χ0) is 24.7. The van der Waals surface area contributed by atoms with E-state index in [-0.39, 0.29) is 11.8 Å². The first-order valence-electron chi connectivity index (χ1n) is 12.4. The van der Waals surface area contributed by atoms with Crippen LogP contribution in [0.3, 0.4) is 0 Å². The van der Waals surface area contributed by atoms with E-state index in [1.54, 1.807) is 6.08 Å². The molecule has 2 aliphatic rings. The fourth-order valence-electron chi connectivity index (χ4n) is 4.54. The Morgan fingerprint density at radius 1 is 0.833 bits per heavy atom. The first kappa shape index (κ1) is 24.0. The van der Waals surface area contributed by atoms with Crippen molar-refractivity contribution in [3.63, 3.8) is 0 Å². The van der Waals surface area contributed by atoms with Crippen molar-refractivity contribution >= 4 is 17.9 Å². The molecule has 0 radical (unpaired) electrons. The zero-order valence-corrected chi connectivity index (χ0v) is 20.3. The Morgan fingerprint density at radius 3 is 2.19 bits per heavy atom. The van der Waals surface area contributed by atoms with Gasteiger partial charge >= 0.3 is 0 Å². The molecule has 0 unspecified atom stereocenters. The number of amides is 2. The summed E-state index contributed by atoms with van der Waals surface area (Å²) in [5, 5.41) is 4.81. The average molecular weight is 486 g/mol. The number of nitrogens with zero attached hydrogens (tertiary/aromatic N) is 5. The number of carbonyl (C=O) groups is 2. The predicted octanol–water partition coefficient (Wildman–Crippen LogP) is 2.56. The first-order valence-corrected chi connectivity index (χ1v) is 12.4. The standard InChI is InChI=1S/C28H31N5O3/c34-26(31-15-13-30(14-16-31)22-27(35)32-17-19-36-20-18-32)12-11-24-21-33(25-9-5-2-6-10-25)29-28(24)23-7-3-1-4-8-23/h1-12,21H,13-20,22H2/b12-11+. The second-order valence-corrected chi connectivity index (χ2v) is 9.01. The molecule has 0 N–H and O–H groups in total. The molecule has 36 heavy (non-hydrogen) atoms. The summed E-state index contributed by atoms with van der Waals surface area (Å²) in [6, 6.07) is 19.9. The van der Waals surface area contributed by atoms with Gasteiger partial charge in [0.1, 0.15) is 0 Å². The molecule has 2 aliphatic heterocycles. The van der Waals surface area contributed by atoms with Crippen molar-refractivity contribution in [2.45, 2.75) is 0 Å². The van der Waals surface area contributed by atoms with Gasteiger partial charge in [0, 0.05) is 62.7 Å². The van der Waals surface area contributed by atoms with Crippen LogP contribution in [0.15, 0.2) is 72.9 Å². The summed E-state index contributed by atoms with van der Waals surface area (Å²) in [6.07, 6.45) is 5.44. The number of morpholine rings is 1. The number of aromatic nitrogens is 2. The number of hydrogen-bond donors (Lipinski definition) is 0. The van der Waals surface area contributed by atoms with Crippen LogP contribution in [-0.2, 0) is 14.3 Å². The zero-order valence-electron chi connectivity index (χ0n) is 20.3. The second kappa shape index (κ2) is 11.3. The van der Waals surface area contributed by atoms with E-state index >= 15 is 0 Å². The summed E-state index contributed by atoms with van der Waals surface area (Å²) < 4.78 is 7.17. The third-order valence-electron chi connectivity index (χ3n) is 6.62. The highest BCUT2D eigenvalue weighted by atomic mass is 16.5. The maximum absolute atomic E-state index is 13.0. The molecule has 2 saturated heterocycles. The molecular weight excluding hydrogens is 454 g/mol. The van der Waals surface area contributed by atoms with Gasteiger partial charge in [0.25, 0.3) is 0 Å². The Hall–Kier alpha value is -3.75.